The van der Waals surface area contributed by atoms with Gasteiger partial charge in [-0.2, -0.15) is 0 Å². The van der Waals surface area contributed by atoms with Crippen molar-refractivity contribution in [3.05, 3.63) is 101 Å². The molecule has 0 radical (unpaired) electrons. The standard InChI is InChI=1S/C31H38ClN3O4S/c1-3-4-21-33-31(37)29(23-25-12-7-5-8-13-25)34(24-26-14-9-6-10-15-26)30(36)16-11-22-35(40(2,38)39)28-19-17-27(32)18-20-28/h5-10,12-15,17-20,29H,3-4,11,16,21-24H2,1-2H3,(H,33,37). The lowest BCUT2D eigenvalue weighted by Crippen LogP contribution is -2.50. The van der Waals surface area contributed by atoms with Gasteiger partial charge in [-0.25, -0.2) is 8.42 Å². The Balaban J connectivity index is 1.84. The number of nitrogens with zero attached hydrogens (tertiary/aromatic N) is 2. The van der Waals surface area contributed by atoms with Crippen molar-refractivity contribution in [1.29, 1.82) is 0 Å². The van der Waals surface area contributed by atoms with Crippen molar-refractivity contribution in [1.82, 2.24) is 10.2 Å². The van der Waals surface area contributed by atoms with E-state index in [1.165, 1.54) is 4.31 Å². The van der Waals surface area contributed by atoms with Gasteiger partial charge in [0.25, 0.3) is 0 Å². The van der Waals surface area contributed by atoms with Crippen LogP contribution in [0.15, 0.2) is 84.9 Å². The Morgan fingerprint density at radius 2 is 1.48 bits per heavy atom. The molecule has 7 nitrogen and oxygen atoms in total. The third-order valence-electron chi connectivity index (χ3n) is 6.56. The first-order chi connectivity index (χ1) is 19.2. The number of rotatable bonds is 15. The molecule has 2 amide bonds. The van der Waals surface area contributed by atoms with Gasteiger partial charge in [0.05, 0.1) is 11.9 Å². The molecule has 1 atom stereocenters. The summed E-state index contributed by atoms with van der Waals surface area (Å²) in [5, 5.41) is 3.52. The normalized spacial score (nSPS) is 12.0. The van der Waals surface area contributed by atoms with E-state index in [0.717, 1.165) is 30.2 Å². The Kier molecular flexibility index (Phi) is 12.0. The van der Waals surface area contributed by atoms with Gasteiger partial charge in [0.1, 0.15) is 6.04 Å². The molecule has 214 valence electrons. The molecule has 0 heterocycles. The van der Waals surface area contributed by atoms with Crippen molar-refractivity contribution >= 4 is 39.1 Å². The van der Waals surface area contributed by atoms with Crippen LogP contribution in [0.25, 0.3) is 0 Å². The molecule has 1 N–H and O–H groups in total. The lowest BCUT2D eigenvalue weighted by molar-refractivity contribution is -0.141. The molecule has 40 heavy (non-hydrogen) atoms. The fraction of sp³-hybridized carbons (Fsp3) is 0.355. The second-order valence-electron chi connectivity index (χ2n) is 9.77. The van der Waals surface area contributed by atoms with Crippen molar-refractivity contribution in [2.45, 2.75) is 51.6 Å². The van der Waals surface area contributed by atoms with E-state index in [1.54, 1.807) is 29.2 Å². The van der Waals surface area contributed by atoms with Crippen LogP contribution in [-0.2, 0) is 32.6 Å². The van der Waals surface area contributed by atoms with E-state index in [2.05, 4.69) is 12.2 Å². The zero-order valence-corrected chi connectivity index (χ0v) is 24.7. The molecule has 3 rings (SSSR count). The van der Waals surface area contributed by atoms with Gasteiger partial charge < -0.3 is 10.2 Å². The van der Waals surface area contributed by atoms with E-state index in [1.807, 2.05) is 60.7 Å². The van der Waals surface area contributed by atoms with Crippen molar-refractivity contribution in [3.63, 3.8) is 0 Å². The third kappa shape index (κ3) is 9.68. The molecular formula is C31H38ClN3O4S. The first-order valence-electron chi connectivity index (χ1n) is 13.6. The van der Waals surface area contributed by atoms with Gasteiger partial charge >= 0.3 is 0 Å². The highest BCUT2D eigenvalue weighted by molar-refractivity contribution is 7.92. The number of hydrogen-bond acceptors (Lipinski definition) is 4. The summed E-state index contributed by atoms with van der Waals surface area (Å²) in [6.45, 7) is 2.99. The van der Waals surface area contributed by atoms with Crippen LogP contribution >= 0.6 is 11.6 Å². The number of amides is 2. The van der Waals surface area contributed by atoms with Gasteiger partial charge in [-0.1, -0.05) is 85.6 Å². The molecule has 3 aromatic carbocycles. The minimum atomic E-state index is -3.58. The minimum absolute atomic E-state index is 0.0833. The van der Waals surface area contributed by atoms with Crippen LogP contribution < -0.4 is 9.62 Å². The molecule has 0 fully saturated rings. The highest BCUT2D eigenvalue weighted by Crippen LogP contribution is 2.22. The predicted octanol–water partition coefficient (Wildman–Crippen LogP) is 5.44. The maximum atomic E-state index is 13.8. The fourth-order valence-electron chi connectivity index (χ4n) is 4.45. The predicted molar refractivity (Wildman–Crippen MR) is 162 cm³/mol. The topological polar surface area (TPSA) is 86.8 Å². The van der Waals surface area contributed by atoms with Gasteiger partial charge in [-0.05, 0) is 48.2 Å². The van der Waals surface area contributed by atoms with E-state index in [9.17, 15) is 18.0 Å². The number of halogens is 1. The molecule has 0 aromatic heterocycles. The van der Waals surface area contributed by atoms with E-state index in [4.69, 9.17) is 11.6 Å². The Morgan fingerprint density at radius 3 is 2.05 bits per heavy atom. The third-order valence-corrected chi connectivity index (χ3v) is 8.01. The Morgan fingerprint density at radius 1 is 0.875 bits per heavy atom. The summed E-state index contributed by atoms with van der Waals surface area (Å²) in [6.07, 6.45) is 3.68. The lowest BCUT2D eigenvalue weighted by atomic mass is 10.0. The number of nitrogens with one attached hydrogen (secondary N) is 1. The lowest BCUT2D eigenvalue weighted by Gasteiger charge is -2.32. The molecule has 3 aromatic rings. The zero-order chi connectivity index (χ0) is 29.0. The van der Waals surface area contributed by atoms with Crippen LogP contribution in [-0.4, -0.2) is 50.5 Å². The largest absolute Gasteiger partial charge is 0.354 e. The second kappa shape index (κ2) is 15.4. The molecule has 1 unspecified atom stereocenters. The van der Waals surface area contributed by atoms with Crippen molar-refractivity contribution in [2.75, 3.05) is 23.7 Å². The summed E-state index contributed by atoms with van der Waals surface area (Å²) >= 11 is 5.98. The molecule has 0 aliphatic rings. The van der Waals surface area contributed by atoms with Crippen LogP contribution in [0.3, 0.4) is 0 Å². The van der Waals surface area contributed by atoms with Crippen molar-refractivity contribution < 1.29 is 18.0 Å². The summed E-state index contributed by atoms with van der Waals surface area (Å²) in [6, 6.07) is 25.1. The Bertz CT molecular complexity index is 1320. The van der Waals surface area contributed by atoms with Gasteiger partial charge in [0.2, 0.25) is 21.8 Å². The van der Waals surface area contributed by atoms with Crippen LogP contribution in [0, 0.1) is 0 Å². The number of anilines is 1. The smallest absolute Gasteiger partial charge is 0.243 e. The Labute approximate surface area is 243 Å². The average molecular weight is 584 g/mol. The molecule has 0 aliphatic carbocycles. The second-order valence-corrected chi connectivity index (χ2v) is 12.1. The summed E-state index contributed by atoms with van der Waals surface area (Å²) in [5.41, 5.74) is 2.35. The van der Waals surface area contributed by atoms with Gasteiger partial charge in [0.15, 0.2) is 0 Å². The Hall–Kier alpha value is -3.36. The van der Waals surface area contributed by atoms with Crippen LogP contribution in [0.4, 0.5) is 5.69 Å². The van der Waals surface area contributed by atoms with Gasteiger partial charge in [-0.15, -0.1) is 0 Å². The average Bonchev–Trinajstić information content (AvgIpc) is 2.94. The highest BCUT2D eigenvalue weighted by atomic mass is 35.5. The molecule has 0 spiro atoms. The summed E-state index contributed by atoms with van der Waals surface area (Å²) < 4.78 is 26.4. The van der Waals surface area contributed by atoms with E-state index in [-0.39, 0.29) is 37.7 Å². The quantitative estimate of drug-likeness (QED) is 0.241. The maximum Gasteiger partial charge on any atom is 0.243 e. The number of unbranched alkanes of at least 4 members (excludes halogenated alkanes) is 1. The molecule has 0 aliphatic heterocycles. The molecule has 0 saturated carbocycles. The molecule has 0 bridgehead atoms. The molecule has 9 heteroatoms. The SMILES string of the molecule is CCCCNC(=O)C(Cc1ccccc1)N(Cc1ccccc1)C(=O)CCCN(c1ccc(Cl)cc1)S(C)(=O)=O. The monoisotopic (exact) mass is 583 g/mol. The fourth-order valence-corrected chi connectivity index (χ4v) is 5.54. The van der Waals surface area contributed by atoms with E-state index < -0.39 is 16.1 Å². The van der Waals surface area contributed by atoms with E-state index in [0.29, 0.717) is 23.7 Å². The number of carbonyl (C=O) groups excluding carboxylic acids is 2. The molecule has 0 saturated heterocycles. The number of hydrogen-bond donors (Lipinski definition) is 1. The van der Waals surface area contributed by atoms with Crippen molar-refractivity contribution in [3.8, 4) is 0 Å². The minimum Gasteiger partial charge on any atom is -0.354 e. The van der Waals surface area contributed by atoms with Crippen LogP contribution in [0.1, 0.15) is 43.7 Å². The number of benzene rings is 3. The summed E-state index contributed by atoms with van der Waals surface area (Å²) in [7, 11) is -3.58. The first kappa shape index (κ1) is 31.2. The zero-order valence-electron chi connectivity index (χ0n) is 23.1. The maximum absolute atomic E-state index is 13.8. The molecular weight excluding hydrogens is 546 g/mol. The first-order valence-corrected chi connectivity index (χ1v) is 15.8. The van der Waals surface area contributed by atoms with E-state index >= 15 is 0 Å². The summed E-state index contributed by atoms with van der Waals surface area (Å²) in [5.74, 6) is -0.402. The van der Waals surface area contributed by atoms with Crippen molar-refractivity contribution in [2.24, 2.45) is 0 Å². The van der Waals surface area contributed by atoms with Gasteiger partial charge in [-0.3, -0.25) is 13.9 Å². The summed E-state index contributed by atoms with van der Waals surface area (Å²) in [4.78, 5) is 28.9. The number of carbonyl (C=O) groups is 2. The van der Waals surface area contributed by atoms with Crippen LogP contribution in [0.5, 0.6) is 0 Å². The number of sulfonamides is 1. The van der Waals surface area contributed by atoms with Crippen LogP contribution in [0.2, 0.25) is 5.02 Å². The van der Waals surface area contributed by atoms with Gasteiger partial charge in [0, 0.05) is 37.5 Å². The highest BCUT2D eigenvalue weighted by Gasteiger charge is 2.30.